The van der Waals surface area contributed by atoms with Gasteiger partial charge in [0.25, 0.3) is 0 Å². The van der Waals surface area contributed by atoms with Gasteiger partial charge in [0.15, 0.2) is 5.78 Å². The van der Waals surface area contributed by atoms with Gasteiger partial charge in [-0.25, -0.2) is 0 Å². The third-order valence-electron chi connectivity index (χ3n) is 1.33. The topological polar surface area (TPSA) is 57.8 Å². The quantitative estimate of drug-likeness (QED) is 0.606. The van der Waals surface area contributed by atoms with Crippen LogP contribution in [0.2, 0.25) is 0 Å². The molecule has 0 aliphatic heterocycles. The lowest BCUT2D eigenvalue weighted by Gasteiger charge is -1.91. The molecule has 0 amide bonds. The van der Waals surface area contributed by atoms with Gasteiger partial charge in [0.2, 0.25) is 0 Å². The van der Waals surface area contributed by atoms with Crippen molar-refractivity contribution in [2.45, 2.75) is 6.92 Å². The van der Waals surface area contributed by atoms with E-state index in [9.17, 15) is 4.79 Å². The number of H-pyrrole nitrogens is 1. The van der Waals surface area contributed by atoms with Crippen molar-refractivity contribution in [3.8, 4) is 0 Å². The maximum absolute atomic E-state index is 11.1. The normalized spacial score (nSPS) is 10.0. The number of nitrogens with zero attached hydrogens (tertiary/aromatic N) is 1. The van der Waals surface area contributed by atoms with Crippen molar-refractivity contribution in [3.63, 3.8) is 0 Å². The van der Waals surface area contributed by atoms with Crippen molar-refractivity contribution in [1.29, 1.82) is 0 Å². The summed E-state index contributed by atoms with van der Waals surface area (Å²) >= 11 is 0. The average molecular weight is 153 g/mol. The van der Waals surface area contributed by atoms with Crippen LogP contribution < -0.4 is 5.32 Å². The standard InChI is InChI=1S/C7H11N3O/c1-5-3-6(10-9-5)7(11)4-8-2/h3,8H,4H2,1-2H3,(H,9,10). The fourth-order valence-electron chi connectivity index (χ4n) is 0.812. The number of rotatable bonds is 3. The second kappa shape index (κ2) is 3.30. The van der Waals surface area contributed by atoms with Gasteiger partial charge in [-0.1, -0.05) is 0 Å². The summed E-state index contributed by atoms with van der Waals surface area (Å²) in [4.78, 5) is 11.1. The first kappa shape index (κ1) is 7.94. The van der Waals surface area contributed by atoms with E-state index in [0.717, 1.165) is 5.69 Å². The van der Waals surface area contributed by atoms with Gasteiger partial charge in [-0.15, -0.1) is 0 Å². The molecule has 0 spiro atoms. The maximum Gasteiger partial charge on any atom is 0.196 e. The minimum Gasteiger partial charge on any atom is -0.313 e. The summed E-state index contributed by atoms with van der Waals surface area (Å²) in [6.45, 7) is 2.20. The predicted molar refractivity (Wildman–Crippen MR) is 41.6 cm³/mol. The molecule has 2 N–H and O–H groups in total. The Bertz CT molecular complexity index is 254. The summed E-state index contributed by atoms with van der Waals surface area (Å²) in [5, 5.41) is 9.30. The lowest BCUT2D eigenvalue weighted by molar-refractivity contribution is 0.0989. The lowest BCUT2D eigenvalue weighted by Crippen LogP contribution is -2.18. The third-order valence-corrected chi connectivity index (χ3v) is 1.33. The molecule has 0 bridgehead atoms. The number of aromatic nitrogens is 2. The molecule has 4 heteroatoms. The van der Waals surface area contributed by atoms with Gasteiger partial charge in [0.1, 0.15) is 5.69 Å². The molecular formula is C7H11N3O. The molecular weight excluding hydrogens is 142 g/mol. The zero-order chi connectivity index (χ0) is 8.27. The number of carbonyl (C=O) groups excluding carboxylic acids is 1. The molecule has 0 aliphatic carbocycles. The van der Waals surface area contributed by atoms with Crippen molar-refractivity contribution < 1.29 is 4.79 Å². The van der Waals surface area contributed by atoms with Crippen LogP contribution in [0.3, 0.4) is 0 Å². The monoisotopic (exact) mass is 153 g/mol. The molecule has 1 heterocycles. The first-order chi connectivity index (χ1) is 5.24. The van der Waals surface area contributed by atoms with Gasteiger partial charge in [0.05, 0.1) is 6.54 Å². The first-order valence-corrected chi connectivity index (χ1v) is 3.44. The highest BCUT2D eigenvalue weighted by molar-refractivity contribution is 5.95. The summed E-state index contributed by atoms with van der Waals surface area (Å²) in [5.74, 6) is 0.0110. The number of carbonyl (C=O) groups is 1. The van der Waals surface area contributed by atoms with E-state index in [-0.39, 0.29) is 5.78 Å². The highest BCUT2D eigenvalue weighted by Crippen LogP contribution is 1.97. The predicted octanol–water partition coefficient (Wildman–Crippen LogP) is 0.120. The second-order valence-corrected chi connectivity index (χ2v) is 2.39. The molecule has 0 saturated carbocycles. The number of aromatic amines is 1. The fourth-order valence-corrected chi connectivity index (χ4v) is 0.812. The van der Waals surface area contributed by atoms with E-state index in [4.69, 9.17) is 0 Å². The van der Waals surface area contributed by atoms with E-state index in [2.05, 4.69) is 15.5 Å². The number of likely N-dealkylation sites (N-methyl/N-ethyl adjacent to an activating group) is 1. The number of Topliss-reactive ketones (excluding diaryl/α,β-unsaturated/α-hetero) is 1. The Balaban J connectivity index is 2.69. The molecule has 1 aromatic rings. The number of aryl methyl sites for hydroxylation is 1. The van der Waals surface area contributed by atoms with Crippen LogP contribution in [-0.2, 0) is 0 Å². The number of hydrogen-bond acceptors (Lipinski definition) is 3. The van der Waals surface area contributed by atoms with Gasteiger partial charge in [-0.3, -0.25) is 9.89 Å². The van der Waals surface area contributed by atoms with E-state index in [1.165, 1.54) is 0 Å². The molecule has 1 aromatic heterocycles. The Labute approximate surface area is 65.0 Å². The van der Waals surface area contributed by atoms with Crippen LogP contribution >= 0.6 is 0 Å². The Kier molecular flexibility index (Phi) is 2.38. The lowest BCUT2D eigenvalue weighted by atomic mass is 10.3. The Morgan fingerprint density at radius 3 is 3.00 bits per heavy atom. The van der Waals surface area contributed by atoms with Gasteiger partial charge in [0, 0.05) is 5.69 Å². The summed E-state index contributed by atoms with van der Waals surface area (Å²) in [5.41, 5.74) is 1.40. The average Bonchev–Trinajstić information content (AvgIpc) is 2.36. The van der Waals surface area contributed by atoms with Crippen LogP contribution in [0.4, 0.5) is 0 Å². The SMILES string of the molecule is CNCC(=O)c1cc(C)[nH]n1. The van der Waals surface area contributed by atoms with Gasteiger partial charge in [-0.2, -0.15) is 5.10 Å². The van der Waals surface area contributed by atoms with E-state index in [0.29, 0.717) is 12.2 Å². The fraction of sp³-hybridized carbons (Fsp3) is 0.429. The summed E-state index contributed by atoms with van der Waals surface area (Å²) < 4.78 is 0. The van der Waals surface area contributed by atoms with Crippen LogP contribution in [-0.4, -0.2) is 29.6 Å². The van der Waals surface area contributed by atoms with Crippen molar-refractivity contribution in [2.75, 3.05) is 13.6 Å². The molecule has 4 nitrogen and oxygen atoms in total. The molecule has 0 radical (unpaired) electrons. The second-order valence-electron chi connectivity index (χ2n) is 2.39. The Morgan fingerprint density at radius 2 is 2.55 bits per heavy atom. The summed E-state index contributed by atoms with van der Waals surface area (Å²) in [7, 11) is 1.73. The van der Waals surface area contributed by atoms with Crippen molar-refractivity contribution in [3.05, 3.63) is 17.5 Å². The van der Waals surface area contributed by atoms with Gasteiger partial charge in [-0.05, 0) is 20.0 Å². The van der Waals surface area contributed by atoms with Crippen molar-refractivity contribution >= 4 is 5.78 Å². The molecule has 60 valence electrons. The van der Waals surface area contributed by atoms with E-state index in [1.807, 2.05) is 6.92 Å². The minimum absolute atomic E-state index is 0.0110. The van der Waals surface area contributed by atoms with Crippen molar-refractivity contribution in [2.24, 2.45) is 0 Å². The number of nitrogens with one attached hydrogen (secondary N) is 2. The molecule has 0 aliphatic rings. The van der Waals surface area contributed by atoms with E-state index in [1.54, 1.807) is 13.1 Å². The van der Waals surface area contributed by atoms with Crippen LogP contribution in [0.5, 0.6) is 0 Å². The molecule has 0 atom stereocenters. The summed E-state index contributed by atoms with van der Waals surface area (Å²) in [6, 6.07) is 1.74. The molecule has 1 rings (SSSR count). The Hall–Kier alpha value is -1.16. The number of hydrogen-bond donors (Lipinski definition) is 2. The highest BCUT2D eigenvalue weighted by atomic mass is 16.1. The van der Waals surface area contributed by atoms with E-state index < -0.39 is 0 Å². The van der Waals surface area contributed by atoms with Crippen LogP contribution in [0.1, 0.15) is 16.2 Å². The smallest absolute Gasteiger partial charge is 0.196 e. The number of ketones is 1. The van der Waals surface area contributed by atoms with Crippen LogP contribution in [0.15, 0.2) is 6.07 Å². The van der Waals surface area contributed by atoms with Gasteiger partial charge >= 0.3 is 0 Å². The maximum atomic E-state index is 11.1. The molecule has 11 heavy (non-hydrogen) atoms. The zero-order valence-electron chi connectivity index (χ0n) is 6.64. The van der Waals surface area contributed by atoms with Crippen molar-refractivity contribution in [1.82, 2.24) is 15.5 Å². The molecule has 0 unspecified atom stereocenters. The Morgan fingerprint density at radius 1 is 1.82 bits per heavy atom. The molecule has 0 saturated heterocycles. The zero-order valence-corrected chi connectivity index (χ0v) is 6.64. The molecule has 0 fully saturated rings. The minimum atomic E-state index is 0.0110. The summed E-state index contributed by atoms with van der Waals surface area (Å²) in [6.07, 6.45) is 0. The first-order valence-electron chi connectivity index (χ1n) is 3.44. The van der Waals surface area contributed by atoms with Crippen LogP contribution in [0.25, 0.3) is 0 Å². The highest BCUT2D eigenvalue weighted by Gasteiger charge is 2.06. The van der Waals surface area contributed by atoms with E-state index >= 15 is 0 Å². The van der Waals surface area contributed by atoms with Gasteiger partial charge < -0.3 is 5.32 Å². The van der Waals surface area contributed by atoms with Crippen LogP contribution in [0, 0.1) is 6.92 Å². The third kappa shape index (κ3) is 1.88. The largest absolute Gasteiger partial charge is 0.313 e. The molecule has 0 aromatic carbocycles.